The van der Waals surface area contributed by atoms with E-state index in [0.717, 1.165) is 0 Å². The number of nitrogen functional groups attached to an aromatic ring is 1. The Morgan fingerprint density at radius 1 is 1.25 bits per heavy atom. The van der Waals surface area contributed by atoms with Crippen molar-refractivity contribution < 1.29 is 4.39 Å². The molecule has 1 aromatic heterocycles. The molecule has 0 bridgehead atoms. The van der Waals surface area contributed by atoms with Crippen molar-refractivity contribution in [3.63, 3.8) is 0 Å². The lowest BCUT2D eigenvalue weighted by Crippen LogP contribution is -2.02. The van der Waals surface area contributed by atoms with Crippen molar-refractivity contribution in [3.8, 4) is 0 Å². The average Bonchev–Trinajstić information content (AvgIpc) is 2.25. The van der Waals surface area contributed by atoms with Crippen LogP contribution in [0.1, 0.15) is 0 Å². The number of nitrogens with zero attached hydrogens (tertiary/aromatic N) is 2. The average molecular weight is 239 g/mol. The molecule has 0 radical (unpaired) electrons. The zero-order valence-corrected chi connectivity index (χ0v) is 8.87. The second kappa shape index (κ2) is 4.32. The fourth-order valence-corrected chi connectivity index (χ4v) is 1.32. The summed E-state index contributed by atoms with van der Waals surface area (Å²) in [6.07, 6.45) is 2.92. The van der Waals surface area contributed by atoms with Gasteiger partial charge in [0, 0.05) is 17.4 Å². The molecule has 2 rings (SSSR count). The number of anilines is 3. The molecule has 0 atom stereocenters. The maximum Gasteiger partial charge on any atom is 0.173 e. The monoisotopic (exact) mass is 238 g/mol. The largest absolute Gasteiger partial charge is 0.381 e. The summed E-state index contributed by atoms with van der Waals surface area (Å²) in [6, 6.07) is 4.28. The molecular formula is C10H8ClFN4. The third-order valence-electron chi connectivity index (χ3n) is 1.91. The molecule has 0 aliphatic rings. The molecule has 6 heteroatoms. The van der Waals surface area contributed by atoms with E-state index in [1.165, 1.54) is 24.5 Å². The molecule has 0 fully saturated rings. The second-order valence-electron chi connectivity index (χ2n) is 3.04. The first-order valence-electron chi connectivity index (χ1n) is 4.45. The van der Waals surface area contributed by atoms with Gasteiger partial charge in [-0.3, -0.25) is 0 Å². The summed E-state index contributed by atoms with van der Waals surface area (Å²) >= 11 is 5.63. The van der Waals surface area contributed by atoms with Gasteiger partial charge >= 0.3 is 0 Å². The SMILES string of the molecule is Nc1nccnc1Nc1ccc(Cl)cc1F. The molecule has 4 nitrogen and oxygen atoms in total. The Bertz CT molecular complexity index is 518. The Kier molecular flexibility index (Phi) is 2.87. The summed E-state index contributed by atoms with van der Waals surface area (Å²) in [7, 11) is 0. The maximum absolute atomic E-state index is 13.4. The summed E-state index contributed by atoms with van der Waals surface area (Å²) in [5.74, 6) is 0.0399. The van der Waals surface area contributed by atoms with E-state index in [9.17, 15) is 4.39 Å². The zero-order chi connectivity index (χ0) is 11.5. The Morgan fingerprint density at radius 3 is 2.69 bits per heavy atom. The van der Waals surface area contributed by atoms with E-state index < -0.39 is 5.82 Å². The number of hydrogen-bond donors (Lipinski definition) is 2. The standard InChI is InChI=1S/C10H8ClFN4/c11-6-1-2-8(7(12)5-6)16-10-9(13)14-3-4-15-10/h1-5H,(H2,13,14)(H,15,16). The lowest BCUT2D eigenvalue weighted by molar-refractivity contribution is 0.632. The van der Waals surface area contributed by atoms with Crippen molar-refractivity contribution in [1.29, 1.82) is 0 Å². The van der Waals surface area contributed by atoms with Crippen molar-refractivity contribution in [2.75, 3.05) is 11.1 Å². The first kappa shape index (κ1) is 10.6. The van der Waals surface area contributed by atoms with Gasteiger partial charge in [0.2, 0.25) is 0 Å². The highest BCUT2D eigenvalue weighted by Gasteiger charge is 2.06. The van der Waals surface area contributed by atoms with Gasteiger partial charge in [0.05, 0.1) is 5.69 Å². The summed E-state index contributed by atoms with van der Waals surface area (Å²) in [4.78, 5) is 7.77. The van der Waals surface area contributed by atoms with Crippen LogP contribution >= 0.6 is 11.6 Å². The van der Waals surface area contributed by atoms with Crippen LogP contribution < -0.4 is 11.1 Å². The van der Waals surface area contributed by atoms with Gasteiger partial charge in [-0.15, -0.1) is 0 Å². The molecular weight excluding hydrogens is 231 g/mol. The van der Waals surface area contributed by atoms with Gasteiger partial charge < -0.3 is 11.1 Å². The van der Waals surface area contributed by atoms with E-state index in [4.69, 9.17) is 17.3 Å². The van der Waals surface area contributed by atoms with E-state index in [1.54, 1.807) is 6.07 Å². The van der Waals surface area contributed by atoms with Crippen LogP contribution in [0.5, 0.6) is 0 Å². The molecule has 2 aromatic rings. The van der Waals surface area contributed by atoms with Crippen LogP contribution in [-0.2, 0) is 0 Å². The van der Waals surface area contributed by atoms with Crippen LogP contribution in [0.15, 0.2) is 30.6 Å². The molecule has 16 heavy (non-hydrogen) atoms. The predicted molar refractivity (Wildman–Crippen MR) is 61.1 cm³/mol. The Balaban J connectivity index is 2.31. The molecule has 0 saturated carbocycles. The Hall–Kier alpha value is -1.88. The van der Waals surface area contributed by atoms with Gasteiger partial charge in [0.1, 0.15) is 5.82 Å². The number of nitrogens with two attached hydrogens (primary N) is 1. The van der Waals surface area contributed by atoms with Crippen molar-refractivity contribution in [2.24, 2.45) is 0 Å². The van der Waals surface area contributed by atoms with Crippen LogP contribution in [0.4, 0.5) is 21.7 Å². The molecule has 0 spiro atoms. The third kappa shape index (κ3) is 2.20. The van der Waals surface area contributed by atoms with Crippen LogP contribution in [0.25, 0.3) is 0 Å². The number of halogens is 2. The smallest absolute Gasteiger partial charge is 0.173 e. The molecule has 3 N–H and O–H groups in total. The Morgan fingerprint density at radius 2 is 2.00 bits per heavy atom. The van der Waals surface area contributed by atoms with Crippen LogP contribution in [0.3, 0.4) is 0 Å². The van der Waals surface area contributed by atoms with Crippen LogP contribution in [0, 0.1) is 5.82 Å². The highest BCUT2D eigenvalue weighted by atomic mass is 35.5. The van der Waals surface area contributed by atoms with E-state index in [-0.39, 0.29) is 11.5 Å². The van der Waals surface area contributed by atoms with Crippen molar-refractivity contribution >= 4 is 28.9 Å². The quantitative estimate of drug-likeness (QED) is 0.844. The van der Waals surface area contributed by atoms with E-state index >= 15 is 0 Å². The minimum absolute atomic E-state index is 0.205. The van der Waals surface area contributed by atoms with Gasteiger partial charge in [0.25, 0.3) is 0 Å². The summed E-state index contributed by atoms with van der Waals surface area (Å²) in [6.45, 7) is 0. The second-order valence-corrected chi connectivity index (χ2v) is 3.48. The molecule has 0 amide bonds. The van der Waals surface area contributed by atoms with Gasteiger partial charge in [0.15, 0.2) is 11.6 Å². The number of benzene rings is 1. The molecule has 1 heterocycles. The topological polar surface area (TPSA) is 63.8 Å². The van der Waals surface area contributed by atoms with Crippen molar-refractivity contribution in [1.82, 2.24) is 9.97 Å². The van der Waals surface area contributed by atoms with E-state index in [1.807, 2.05) is 0 Å². The molecule has 0 saturated heterocycles. The summed E-state index contributed by atoms with van der Waals surface area (Å²) in [5, 5.41) is 3.06. The number of aromatic nitrogens is 2. The number of nitrogens with one attached hydrogen (secondary N) is 1. The fourth-order valence-electron chi connectivity index (χ4n) is 1.16. The Labute approximate surface area is 96.3 Å². The third-order valence-corrected chi connectivity index (χ3v) is 2.15. The normalized spacial score (nSPS) is 10.1. The molecule has 0 aliphatic carbocycles. The number of rotatable bonds is 2. The van der Waals surface area contributed by atoms with E-state index in [2.05, 4.69) is 15.3 Å². The minimum atomic E-state index is -0.474. The molecule has 0 aliphatic heterocycles. The van der Waals surface area contributed by atoms with Gasteiger partial charge in [-0.2, -0.15) is 0 Å². The molecule has 0 unspecified atom stereocenters. The maximum atomic E-state index is 13.4. The van der Waals surface area contributed by atoms with Crippen LogP contribution in [0.2, 0.25) is 5.02 Å². The minimum Gasteiger partial charge on any atom is -0.381 e. The van der Waals surface area contributed by atoms with Gasteiger partial charge in [-0.25, -0.2) is 14.4 Å². The zero-order valence-electron chi connectivity index (χ0n) is 8.11. The van der Waals surface area contributed by atoms with Gasteiger partial charge in [-0.1, -0.05) is 11.6 Å². The first-order valence-corrected chi connectivity index (χ1v) is 4.83. The molecule has 1 aromatic carbocycles. The van der Waals surface area contributed by atoms with Crippen molar-refractivity contribution in [2.45, 2.75) is 0 Å². The lowest BCUT2D eigenvalue weighted by Gasteiger charge is -2.07. The summed E-state index contributed by atoms with van der Waals surface area (Å²) < 4.78 is 13.4. The predicted octanol–water partition coefficient (Wildman–Crippen LogP) is 2.59. The first-order chi connectivity index (χ1) is 7.66. The van der Waals surface area contributed by atoms with E-state index in [0.29, 0.717) is 10.8 Å². The highest BCUT2D eigenvalue weighted by Crippen LogP contribution is 2.23. The lowest BCUT2D eigenvalue weighted by atomic mass is 10.3. The highest BCUT2D eigenvalue weighted by molar-refractivity contribution is 6.30. The summed E-state index contributed by atoms with van der Waals surface area (Å²) in [5.41, 5.74) is 5.81. The van der Waals surface area contributed by atoms with Gasteiger partial charge in [-0.05, 0) is 18.2 Å². The van der Waals surface area contributed by atoms with Crippen molar-refractivity contribution in [3.05, 3.63) is 41.4 Å². The fraction of sp³-hybridized carbons (Fsp3) is 0. The van der Waals surface area contributed by atoms with Crippen LogP contribution in [-0.4, -0.2) is 9.97 Å². The molecule has 82 valence electrons. The number of hydrogen-bond acceptors (Lipinski definition) is 4.